The van der Waals surface area contributed by atoms with Crippen molar-refractivity contribution in [3.05, 3.63) is 23.8 Å². The van der Waals surface area contributed by atoms with Gasteiger partial charge in [-0.05, 0) is 36.6 Å². The molecule has 0 unspecified atom stereocenters. The van der Waals surface area contributed by atoms with Crippen LogP contribution in [0, 0.1) is 5.92 Å². The van der Waals surface area contributed by atoms with Gasteiger partial charge in [0.25, 0.3) is 0 Å². The number of rotatable bonds is 2. The summed E-state index contributed by atoms with van der Waals surface area (Å²) in [6, 6.07) is 4.48. The monoisotopic (exact) mass is 335 g/mol. The smallest absolute Gasteiger partial charge is 0.393 e. The molecule has 2 aliphatic heterocycles. The Morgan fingerprint density at radius 3 is 2.77 bits per heavy atom. The van der Waals surface area contributed by atoms with Crippen LogP contribution in [-0.2, 0) is 16.4 Å². The van der Waals surface area contributed by atoms with Gasteiger partial charge in [0.05, 0.1) is 17.4 Å². The number of piperidine rings is 1. The van der Waals surface area contributed by atoms with Crippen LogP contribution in [0.4, 0.5) is 13.2 Å². The van der Waals surface area contributed by atoms with E-state index in [9.17, 15) is 21.6 Å². The average molecular weight is 335 g/mol. The molecule has 22 heavy (non-hydrogen) atoms. The standard InChI is InChI=1S/C14H16F3NO3S/c15-14(16,17)11-2-1-6-18(9-11)22(19,20)12-3-4-13-10(8-12)5-7-21-13/h3-4,8,11H,1-2,5-7,9H2/t11-/m0/s1. The first-order valence-electron chi connectivity index (χ1n) is 7.11. The minimum absolute atomic E-state index is 0.0203. The van der Waals surface area contributed by atoms with Crippen molar-refractivity contribution in [2.75, 3.05) is 19.7 Å². The van der Waals surface area contributed by atoms with Crippen molar-refractivity contribution >= 4 is 10.0 Å². The molecule has 0 radical (unpaired) electrons. The summed E-state index contributed by atoms with van der Waals surface area (Å²) in [6.07, 6.45) is -3.55. The average Bonchev–Trinajstić information content (AvgIpc) is 2.94. The summed E-state index contributed by atoms with van der Waals surface area (Å²) in [4.78, 5) is 0.0413. The van der Waals surface area contributed by atoms with E-state index in [-0.39, 0.29) is 24.3 Å². The van der Waals surface area contributed by atoms with Crippen molar-refractivity contribution in [1.82, 2.24) is 4.31 Å². The van der Waals surface area contributed by atoms with Crippen LogP contribution in [0.2, 0.25) is 0 Å². The van der Waals surface area contributed by atoms with Gasteiger partial charge in [0.1, 0.15) is 5.75 Å². The molecule has 0 saturated carbocycles. The first-order chi connectivity index (χ1) is 10.3. The normalized spacial score (nSPS) is 23.1. The van der Waals surface area contributed by atoms with Crippen LogP contribution in [0.15, 0.2) is 23.1 Å². The van der Waals surface area contributed by atoms with Gasteiger partial charge < -0.3 is 4.74 Å². The SMILES string of the molecule is O=S(=O)(c1ccc2c(c1)CCO2)N1CCC[C@H](C(F)(F)F)C1. The number of nitrogens with zero attached hydrogens (tertiary/aromatic N) is 1. The summed E-state index contributed by atoms with van der Waals surface area (Å²) in [7, 11) is -3.90. The van der Waals surface area contributed by atoms with Crippen LogP contribution in [-0.4, -0.2) is 38.6 Å². The lowest BCUT2D eigenvalue weighted by molar-refractivity contribution is -0.182. The van der Waals surface area contributed by atoms with Gasteiger partial charge in [0.15, 0.2) is 0 Å². The third-order valence-corrected chi connectivity index (χ3v) is 6.01. The summed E-state index contributed by atoms with van der Waals surface area (Å²) in [6.45, 7) is 0.126. The van der Waals surface area contributed by atoms with Crippen LogP contribution in [0.25, 0.3) is 0 Å². The Hall–Kier alpha value is -1.28. The molecule has 1 atom stereocenters. The van der Waals surface area contributed by atoms with Crippen LogP contribution in [0.1, 0.15) is 18.4 Å². The van der Waals surface area contributed by atoms with Gasteiger partial charge in [-0.25, -0.2) is 8.42 Å². The Kier molecular flexibility index (Phi) is 3.84. The molecule has 8 heteroatoms. The lowest BCUT2D eigenvalue weighted by atomic mass is 9.99. The first-order valence-corrected chi connectivity index (χ1v) is 8.55. The Morgan fingerprint density at radius 1 is 1.27 bits per heavy atom. The fourth-order valence-corrected chi connectivity index (χ4v) is 4.48. The molecule has 2 heterocycles. The van der Waals surface area contributed by atoms with E-state index in [1.54, 1.807) is 6.07 Å². The molecule has 1 saturated heterocycles. The maximum Gasteiger partial charge on any atom is 0.393 e. The van der Waals surface area contributed by atoms with Gasteiger partial charge in [0, 0.05) is 19.5 Å². The van der Waals surface area contributed by atoms with Crippen molar-refractivity contribution in [2.45, 2.75) is 30.3 Å². The summed E-state index contributed by atoms with van der Waals surface area (Å²) in [5, 5.41) is 0. The zero-order chi connectivity index (χ0) is 16.0. The van der Waals surface area contributed by atoms with Crippen molar-refractivity contribution in [1.29, 1.82) is 0 Å². The van der Waals surface area contributed by atoms with Crippen molar-refractivity contribution < 1.29 is 26.3 Å². The zero-order valence-corrected chi connectivity index (χ0v) is 12.6. The number of sulfonamides is 1. The number of ether oxygens (including phenoxy) is 1. The predicted octanol–water partition coefficient (Wildman–Crippen LogP) is 2.58. The molecule has 4 nitrogen and oxygen atoms in total. The van der Waals surface area contributed by atoms with E-state index in [2.05, 4.69) is 0 Å². The molecule has 3 rings (SSSR count). The molecule has 0 spiro atoms. The highest BCUT2D eigenvalue weighted by atomic mass is 32.2. The van der Waals surface area contributed by atoms with Gasteiger partial charge in [-0.2, -0.15) is 17.5 Å². The number of halogens is 3. The highest BCUT2D eigenvalue weighted by Crippen LogP contribution is 2.36. The van der Waals surface area contributed by atoms with Gasteiger partial charge in [0.2, 0.25) is 10.0 Å². The first kappa shape index (κ1) is 15.6. The number of hydrogen-bond donors (Lipinski definition) is 0. The predicted molar refractivity (Wildman–Crippen MR) is 73.2 cm³/mol. The third kappa shape index (κ3) is 2.81. The Labute approximate surface area is 126 Å². The second-order valence-electron chi connectivity index (χ2n) is 5.61. The molecule has 122 valence electrons. The van der Waals surface area contributed by atoms with E-state index in [0.717, 1.165) is 9.87 Å². The molecule has 0 aliphatic carbocycles. The van der Waals surface area contributed by atoms with Crippen LogP contribution in [0.3, 0.4) is 0 Å². The lowest BCUT2D eigenvalue weighted by Gasteiger charge is -2.32. The minimum Gasteiger partial charge on any atom is -0.493 e. The Bertz CT molecular complexity index is 672. The van der Waals surface area contributed by atoms with E-state index in [4.69, 9.17) is 4.74 Å². The largest absolute Gasteiger partial charge is 0.493 e. The molecular formula is C14H16F3NO3S. The molecule has 1 fully saturated rings. The molecule has 1 aromatic carbocycles. The molecular weight excluding hydrogens is 319 g/mol. The molecule has 0 aromatic heterocycles. The van der Waals surface area contributed by atoms with E-state index >= 15 is 0 Å². The van der Waals surface area contributed by atoms with Crippen LogP contribution in [0.5, 0.6) is 5.75 Å². The topological polar surface area (TPSA) is 46.6 Å². The summed E-state index contributed by atoms with van der Waals surface area (Å²) in [5.41, 5.74) is 0.783. The molecule has 1 aromatic rings. The number of fused-ring (bicyclic) bond motifs is 1. The fraction of sp³-hybridized carbons (Fsp3) is 0.571. The van der Waals surface area contributed by atoms with Crippen molar-refractivity contribution in [3.63, 3.8) is 0 Å². The van der Waals surface area contributed by atoms with Crippen molar-refractivity contribution in [3.8, 4) is 5.75 Å². The van der Waals surface area contributed by atoms with E-state index in [1.165, 1.54) is 12.1 Å². The number of hydrogen-bond acceptors (Lipinski definition) is 3. The van der Waals surface area contributed by atoms with Crippen LogP contribution < -0.4 is 4.74 Å². The molecule has 2 aliphatic rings. The fourth-order valence-electron chi connectivity index (χ4n) is 2.90. The lowest BCUT2D eigenvalue weighted by Crippen LogP contribution is -2.44. The molecule has 0 N–H and O–H groups in total. The number of alkyl halides is 3. The second-order valence-corrected chi connectivity index (χ2v) is 7.55. The summed E-state index contributed by atoms with van der Waals surface area (Å²) in [5.74, 6) is -0.945. The summed E-state index contributed by atoms with van der Waals surface area (Å²) < 4.78 is 70.0. The highest BCUT2D eigenvalue weighted by molar-refractivity contribution is 7.89. The van der Waals surface area contributed by atoms with Gasteiger partial charge in [-0.1, -0.05) is 0 Å². The Balaban J connectivity index is 1.86. The zero-order valence-electron chi connectivity index (χ0n) is 11.8. The third-order valence-electron chi connectivity index (χ3n) is 4.15. The van der Waals surface area contributed by atoms with Crippen molar-refractivity contribution in [2.24, 2.45) is 5.92 Å². The maximum absolute atomic E-state index is 12.8. The van der Waals surface area contributed by atoms with Gasteiger partial charge in [-0.15, -0.1) is 0 Å². The number of benzene rings is 1. The quantitative estimate of drug-likeness (QED) is 0.835. The Morgan fingerprint density at radius 2 is 2.05 bits per heavy atom. The maximum atomic E-state index is 12.8. The molecule has 0 amide bonds. The highest BCUT2D eigenvalue weighted by Gasteiger charge is 2.44. The van der Waals surface area contributed by atoms with E-state index in [1.807, 2.05) is 0 Å². The minimum atomic E-state index is -4.36. The second kappa shape index (κ2) is 5.42. The van der Waals surface area contributed by atoms with Gasteiger partial charge in [-0.3, -0.25) is 0 Å². The molecule has 0 bridgehead atoms. The summed E-state index contributed by atoms with van der Waals surface area (Å²) >= 11 is 0. The van der Waals surface area contributed by atoms with Crippen LogP contribution >= 0.6 is 0 Å². The van der Waals surface area contributed by atoms with E-state index < -0.39 is 28.7 Å². The van der Waals surface area contributed by atoms with Gasteiger partial charge >= 0.3 is 6.18 Å². The van der Waals surface area contributed by atoms with E-state index in [0.29, 0.717) is 18.8 Å².